The predicted molar refractivity (Wildman–Crippen MR) is 126 cm³/mol. The van der Waals surface area contributed by atoms with Crippen LogP contribution in [-0.4, -0.2) is 77.4 Å². The lowest BCUT2D eigenvalue weighted by Crippen LogP contribution is -2.48. The molecule has 0 radical (unpaired) electrons. The molecular weight excluding hydrogens is 434 g/mol. The number of hydrogen-bond donors (Lipinski definition) is 1. The van der Waals surface area contributed by atoms with Gasteiger partial charge in [-0.15, -0.1) is 11.3 Å². The van der Waals surface area contributed by atoms with Gasteiger partial charge in [0.2, 0.25) is 5.95 Å². The molecule has 1 fully saturated rings. The van der Waals surface area contributed by atoms with Gasteiger partial charge in [-0.2, -0.15) is 0 Å². The Balaban J connectivity index is 1.66. The number of aromatic nitrogens is 2. The van der Waals surface area contributed by atoms with Crippen LogP contribution in [0.1, 0.15) is 10.4 Å². The first-order chi connectivity index (χ1) is 15.0. The number of hydrogen-bond acceptors (Lipinski definition) is 7. The molecule has 1 saturated heterocycles. The third-order valence-electron chi connectivity index (χ3n) is 6.19. The molecule has 9 heteroatoms. The summed E-state index contributed by atoms with van der Waals surface area (Å²) >= 11 is 7.93. The number of anilines is 1. The summed E-state index contributed by atoms with van der Waals surface area (Å²) in [5.41, 5.74) is 1.89. The second-order valence-electron chi connectivity index (χ2n) is 8.26. The highest BCUT2D eigenvalue weighted by molar-refractivity contribution is 7.18. The number of nitrogens with zero attached hydrogens (tertiary/aromatic N) is 5. The van der Waals surface area contributed by atoms with Crippen molar-refractivity contribution in [3.63, 3.8) is 0 Å². The predicted octanol–water partition coefficient (Wildman–Crippen LogP) is 2.20. The van der Waals surface area contributed by atoms with Crippen molar-refractivity contribution in [1.29, 1.82) is 0 Å². The van der Waals surface area contributed by atoms with Crippen LogP contribution in [0.5, 0.6) is 0 Å². The smallest absolute Gasteiger partial charge is 0.268 e. The van der Waals surface area contributed by atoms with E-state index in [9.17, 15) is 9.90 Å². The van der Waals surface area contributed by atoms with E-state index in [-0.39, 0.29) is 12.2 Å². The summed E-state index contributed by atoms with van der Waals surface area (Å²) in [6.07, 6.45) is 0.872. The van der Waals surface area contributed by atoms with E-state index in [2.05, 4.69) is 21.7 Å². The summed E-state index contributed by atoms with van der Waals surface area (Å²) < 4.78 is 1.74. The molecule has 1 aromatic carbocycles. The molecule has 0 saturated carbocycles. The molecule has 0 spiro atoms. The van der Waals surface area contributed by atoms with Gasteiger partial charge in [0.1, 0.15) is 4.83 Å². The second kappa shape index (κ2) is 8.52. The Morgan fingerprint density at radius 2 is 2.00 bits per heavy atom. The first kappa shape index (κ1) is 20.9. The molecule has 2 aliphatic heterocycles. The zero-order chi connectivity index (χ0) is 21.5. The van der Waals surface area contributed by atoms with Gasteiger partial charge in [0, 0.05) is 55.7 Å². The molecule has 0 aliphatic carbocycles. The van der Waals surface area contributed by atoms with Gasteiger partial charge in [-0.1, -0.05) is 17.7 Å². The van der Waals surface area contributed by atoms with Gasteiger partial charge < -0.3 is 14.9 Å². The monoisotopic (exact) mass is 459 g/mol. The third-order valence-corrected chi connectivity index (χ3v) is 7.53. The van der Waals surface area contributed by atoms with Gasteiger partial charge in [0.15, 0.2) is 0 Å². The molecule has 5 rings (SSSR count). The summed E-state index contributed by atoms with van der Waals surface area (Å²) in [4.78, 5) is 27.7. The van der Waals surface area contributed by atoms with Gasteiger partial charge >= 0.3 is 0 Å². The maximum absolute atomic E-state index is 13.9. The Bertz CT molecular complexity index is 1170. The van der Waals surface area contributed by atoms with E-state index in [1.165, 1.54) is 4.88 Å². The Hall–Kier alpha value is -1.97. The number of fused-ring (bicyclic) bond motifs is 3. The molecule has 0 atom stereocenters. The fourth-order valence-corrected chi connectivity index (χ4v) is 6.00. The van der Waals surface area contributed by atoms with Crippen molar-refractivity contribution < 1.29 is 5.11 Å². The maximum Gasteiger partial charge on any atom is 0.268 e. The van der Waals surface area contributed by atoms with E-state index >= 15 is 0 Å². The molecular formula is C22H26ClN5O2S. The second-order valence-corrected chi connectivity index (χ2v) is 9.78. The number of piperazine rings is 1. The molecule has 0 unspecified atom stereocenters. The van der Waals surface area contributed by atoms with E-state index < -0.39 is 0 Å². The molecule has 0 amide bonds. The van der Waals surface area contributed by atoms with Crippen LogP contribution < -0.4 is 10.5 Å². The van der Waals surface area contributed by atoms with Gasteiger partial charge in [0.25, 0.3) is 5.56 Å². The molecule has 0 bridgehead atoms. The molecule has 2 aliphatic rings. The lowest BCUT2D eigenvalue weighted by Gasteiger charge is -2.35. The molecule has 7 nitrogen and oxygen atoms in total. The molecule has 4 heterocycles. The minimum absolute atomic E-state index is 0.0119. The van der Waals surface area contributed by atoms with Crippen LogP contribution in [0.4, 0.5) is 5.95 Å². The number of β-amino-alcohol motifs (C(OH)–C–C–N with tert-alkyl or cyclic N) is 1. The van der Waals surface area contributed by atoms with Crippen LogP contribution in [0.3, 0.4) is 0 Å². The average molecular weight is 460 g/mol. The molecule has 31 heavy (non-hydrogen) atoms. The van der Waals surface area contributed by atoms with Crippen molar-refractivity contribution in [3.8, 4) is 5.69 Å². The number of likely N-dealkylation sites (N-methyl/N-ethyl adjacent to an activating group) is 1. The fourth-order valence-electron chi connectivity index (χ4n) is 4.53. The van der Waals surface area contributed by atoms with Crippen LogP contribution >= 0.6 is 22.9 Å². The SMILES string of the molecule is CN1CCc2c(sc3nc(N4CCN(CCO)CC4)n(-c4cccc(Cl)c4)c(=O)c23)C1. The minimum atomic E-state index is -0.0119. The Kier molecular flexibility index (Phi) is 5.75. The van der Waals surface area contributed by atoms with Gasteiger partial charge in [-0.05, 0) is 37.2 Å². The van der Waals surface area contributed by atoms with Crippen molar-refractivity contribution in [1.82, 2.24) is 19.4 Å². The number of thiophene rings is 1. The Labute approximate surface area is 190 Å². The van der Waals surface area contributed by atoms with Crippen molar-refractivity contribution in [2.75, 3.05) is 57.8 Å². The van der Waals surface area contributed by atoms with Gasteiger partial charge in [-0.3, -0.25) is 9.69 Å². The Morgan fingerprint density at radius 1 is 1.19 bits per heavy atom. The van der Waals surface area contributed by atoms with E-state index in [0.29, 0.717) is 17.5 Å². The van der Waals surface area contributed by atoms with Gasteiger partial charge in [0.05, 0.1) is 17.7 Å². The number of rotatable bonds is 4. The average Bonchev–Trinajstić information content (AvgIpc) is 3.12. The van der Waals surface area contributed by atoms with E-state index in [1.807, 2.05) is 24.3 Å². The number of benzene rings is 1. The summed E-state index contributed by atoms with van der Waals surface area (Å²) in [5.74, 6) is 0.676. The highest BCUT2D eigenvalue weighted by Gasteiger charge is 2.27. The molecule has 2 aromatic heterocycles. The fraction of sp³-hybridized carbons (Fsp3) is 0.455. The first-order valence-electron chi connectivity index (χ1n) is 10.6. The molecule has 1 N–H and O–H groups in total. The third kappa shape index (κ3) is 3.87. The van der Waals surface area contributed by atoms with Crippen molar-refractivity contribution in [2.24, 2.45) is 0 Å². The zero-order valence-corrected chi connectivity index (χ0v) is 19.1. The first-order valence-corrected chi connectivity index (χ1v) is 11.8. The van der Waals surface area contributed by atoms with E-state index in [1.54, 1.807) is 15.9 Å². The van der Waals surface area contributed by atoms with E-state index in [0.717, 1.165) is 67.2 Å². The highest BCUT2D eigenvalue weighted by Crippen LogP contribution is 2.34. The zero-order valence-electron chi connectivity index (χ0n) is 17.6. The molecule has 3 aromatic rings. The number of halogens is 1. The molecule has 164 valence electrons. The van der Waals surface area contributed by atoms with Gasteiger partial charge in [-0.25, -0.2) is 9.55 Å². The quantitative estimate of drug-likeness (QED) is 0.645. The van der Waals surface area contributed by atoms with Crippen LogP contribution in [0.25, 0.3) is 15.9 Å². The number of aliphatic hydroxyl groups is 1. The number of aliphatic hydroxyl groups excluding tert-OH is 1. The van der Waals surface area contributed by atoms with Crippen LogP contribution in [0.2, 0.25) is 5.02 Å². The largest absolute Gasteiger partial charge is 0.395 e. The maximum atomic E-state index is 13.9. The summed E-state index contributed by atoms with van der Waals surface area (Å²) in [7, 11) is 2.11. The summed E-state index contributed by atoms with van der Waals surface area (Å²) in [6, 6.07) is 7.43. The van der Waals surface area contributed by atoms with Crippen LogP contribution in [0, 0.1) is 0 Å². The van der Waals surface area contributed by atoms with Crippen molar-refractivity contribution >= 4 is 39.1 Å². The Morgan fingerprint density at radius 3 is 2.74 bits per heavy atom. The normalized spacial score (nSPS) is 18.0. The van der Waals surface area contributed by atoms with Crippen molar-refractivity contribution in [3.05, 3.63) is 50.1 Å². The standard InChI is InChI=1S/C22H26ClN5O2S/c1-25-6-5-17-18(14-25)31-20-19(17)21(30)28(16-4-2-3-15(23)13-16)22(24-20)27-9-7-26(8-10-27)11-12-29/h2-4,13,29H,5-12,14H2,1H3. The van der Waals surface area contributed by atoms with Crippen molar-refractivity contribution in [2.45, 2.75) is 13.0 Å². The topological polar surface area (TPSA) is 64.8 Å². The summed E-state index contributed by atoms with van der Waals surface area (Å²) in [5, 5.41) is 10.6. The lowest BCUT2D eigenvalue weighted by molar-refractivity contribution is 0.188. The van der Waals surface area contributed by atoms with Crippen LogP contribution in [0.15, 0.2) is 29.1 Å². The lowest BCUT2D eigenvalue weighted by atomic mass is 10.1. The minimum Gasteiger partial charge on any atom is -0.395 e. The summed E-state index contributed by atoms with van der Waals surface area (Å²) in [6.45, 7) is 5.81. The van der Waals surface area contributed by atoms with Crippen LogP contribution in [-0.2, 0) is 13.0 Å². The van der Waals surface area contributed by atoms with E-state index in [4.69, 9.17) is 16.6 Å². The highest BCUT2D eigenvalue weighted by atomic mass is 35.5.